The van der Waals surface area contributed by atoms with E-state index in [2.05, 4.69) is 10.0 Å². The number of amides is 1. The summed E-state index contributed by atoms with van der Waals surface area (Å²) >= 11 is 7.31. The minimum Gasteiger partial charge on any atom is -0.350 e. The molecular formula is C16H19ClN2O3S2. The zero-order valence-corrected chi connectivity index (χ0v) is 15.7. The summed E-state index contributed by atoms with van der Waals surface area (Å²) in [6.45, 7) is 3.96. The molecule has 0 bridgehead atoms. The number of nitrogens with one attached hydrogen (secondary N) is 2. The van der Waals surface area contributed by atoms with Crippen LogP contribution in [0.4, 0.5) is 0 Å². The van der Waals surface area contributed by atoms with Crippen LogP contribution < -0.4 is 10.0 Å². The van der Waals surface area contributed by atoms with Crippen molar-refractivity contribution in [1.82, 2.24) is 10.0 Å². The number of thiophene rings is 1. The van der Waals surface area contributed by atoms with Crippen LogP contribution in [0.15, 0.2) is 46.7 Å². The molecule has 1 aromatic carbocycles. The van der Waals surface area contributed by atoms with Crippen LogP contribution in [0.25, 0.3) is 0 Å². The number of rotatable bonds is 7. The van der Waals surface area contributed by atoms with Crippen molar-refractivity contribution in [2.24, 2.45) is 5.92 Å². The highest BCUT2D eigenvalue weighted by Gasteiger charge is 2.28. The third-order valence-corrected chi connectivity index (χ3v) is 5.96. The quantitative estimate of drug-likeness (QED) is 0.768. The first-order valence-corrected chi connectivity index (χ1v) is 10.1. The van der Waals surface area contributed by atoms with Gasteiger partial charge in [0.25, 0.3) is 0 Å². The Hall–Kier alpha value is -1.41. The van der Waals surface area contributed by atoms with Crippen LogP contribution in [0.2, 0.25) is 5.02 Å². The number of carbonyl (C=O) groups is 1. The predicted molar refractivity (Wildman–Crippen MR) is 96.6 cm³/mol. The third-order valence-electron chi connectivity index (χ3n) is 3.37. The number of hydrogen-bond acceptors (Lipinski definition) is 4. The Morgan fingerprint density at radius 2 is 1.88 bits per heavy atom. The molecule has 2 N–H and O–H groups in total. The highest BCUT2D eigenvalue weighted by atomic mass is 35.5. The molecule has 0 aliphatic carbocycles. The van der Waals surface area contributed by atoms with Gasteiger partial charge in [0, 0.05) is 9.90 Å². The van der Waals surface area contributed by atoms with Crippen LogP contribution in [0, 0.1) is 5.92 Å². The van der Waals surface area contributed by atoms with E-state index in [1.54, 1.807) is 13.8 Å². The van der Waals surface area contributed by atoms with Crippen LogP contribution in [-0.2, 0) is 21.4 Å². The molecule has 1 atom stereocenters. The second kappa shape index (κ2) is 8.11. The Morgan fingerprint density at radius 1 is 1.21 bits per heavy atom. The summed E-state index contributed by atoms with van der Waals surface area (Å²) in [5, 5.41) is 5.14. The average Bonchev–Trinajstić information content (AvgIpc) is 3.04. The van der Waals surface area contributed by atoms with Crippen LogP contribution >= 0.6 is 22.9 Å². The van der Waals surface area contributed by atoms with Gasteiger partial charge in [0.2, 0.25) is 15.9 Å². The maximum absolute atomic E-state index is 12.5. The second-order valence-electron chi connectivity index (χ2n) is 5.59. The van der Waals surface area contributed by atoms with Gasteiger partial charge in [-0.3, -0.25) is 4.79 Å². The number of halogens is 1. The maximum Gasteiger partial charge on any atom is 0.241 e. The molecule has 1 heterocycles. The van der Waals surface area contributed by atoms with Crippen molar-refractivity contribution in [3.8, 4) is 0 Å². The van der Waals surface area contributed by atoms with Crippen molar-refractivity contribution < 1.29 is 13.2 Å². The Balaban J connectivity index is 2.09. The van der Waals surface area contributed by atoms with E-state index in [1.807, 2.05) is 17.5 Å². The van der Waals surface area contributed by atoms with Gasteiger partial charge in [0.15, 0.2) is 0 Å². The second-order valence-corrected chi connectivity index (χ2v) is 8.78. The number of sulfonamides is 1. The Kier molecular flexibility index (Phi) is 6.40. The molecule has 1 aromatic heterocycles. The Labute approximate surface area is 151 Å². The van der Waals surface area contributed by atoms with Crippen LogP contribution in [0.3, 0.4) is 0 Å². The van der Waals surface area contributed by atoms with Crippen molar-refractivity contribution in [2.45, 2.75) is 31.3 Å². The minimum atomic E-state index is -3.81. The van der Waals surface area contributed by atoms with E-state index in [9.17, 15) is 13.2 Å². The fourth-order valence-electron chi connectivity index (χ4n) is 2.04. The highest BCUT2D eigenvalue weighted by Crippen LogP contribution is 2.16. The lowest BCUT2D eigenvalue weighted by atomic mass is 10.1. The van der Waals surface area contributed by atoms with Crippen molar-refractivity contribution in [3.05, 3.63) is 51.7 Å². The summed E-state index contributed by atoms with van der Waals surface area (Å²) in [6, 6.07) is 8.76. The molecule has 0 spiro atoms. The average molecular weight is 387 g/mol. The van der Waals surface area contributed by atoms with Gasteiger partial charge in [0.1, 0.15) is 6.04 Å². The van der Waals surface area contributed by atoms with Gasteiger partial charge in [-0.2, -0.15) is 4.72 Å². The first kappa shape index (κ1) is 18.9. The molecule has 24 heavy (non-hydrogen) atoms. The zero-order valence-electron chi connectivity index (χ0n) is 13.3. The van der Waals surface area contributed by atoms with Crippen molar-refractivity contribution in [2.75, 3.05) is 0 Å². The Bertz CT molecular complexity index is 772. The summed E-state index contributed by atoms with van der Waals surface area (Å²) in [6.07, 6.45) is 0. The zero-order chi connectivity index (χ0) is 17.7. The molecule has 0 fully saturated rings. The van der Waals surface area contributed by atoms with Gasteiger partial charge in [-0.1, -0.05) is 31.5 Å². The normalized spacial score (nSPS) is 13.0. The molecule has 0 aliphatic heterocycles. The predicted octanol–water partition coefficient (Wildman–Crippen LogP) is 3.02. The van der Waals surface area contributed by atoms with Crippen LogP contribution in [-0.4, -0.2) is 20.4 Å². The molecule has 2 aromatic rings. The topological polar surface area (TPSA) is 75.3 Å². The van der Waals surface area contributed by atoms with E-state index in [1.165, 1.54) is 35.6 Å². The maximum atomic E-state index is 12.5. The van der Waals surface area contributed by atoms with E-state index < -0.39 is 16.1 Å². The van der Waals surface area contributed by atoms with E-state index in [4.69, 9.17) is 11.6 Å². The summed E-state index contributed by atoms with van der Waals surface area (Å²) < 4.78 is 27.4. The van der Waals surface area contributed by atoms with Crippen molar-refractivity contribution >= 4 is 38.9 Å². The summed E-state index contributed by atoms with van der Waals surface area (Å²) in [5.74, 6) is -0.550. The molecule has 0 radical (unpaired) electrons. The molecule has 0 unspecified atom stereocenters. The lowest BCUT2D eigenvalue weighted by Gasteiger charge is -2.21. The summed E-state index contributed by atoms with van der Waals surface area (Å²) in [4.78, 5) is 13.5. The monoisotopic (exact) mass is 386 g/mol. The Morgan fingerprint density at radius 3 is 2.42 bits per heavy atom. The van der Waals surface area contributed by atoms with Gasteiger partial charge >= 0.3 is 0 Å². The van der Waals surface area contributed by atoms with E-state index in [0.29, 0.717) is 11.6 Å². The largest absolute Gasteiger partial charge is 0.350 e. The van der Waals surface area contributed by atoms with Gasteiger partial charge in [0.05, 0.1) is 11.4 Å². The first-order valence-electron chi connectivity index (χ1n) is 7.37. The molecule has 0 saturated heterocycles. The number of benzene rings is 1. The van der Waals surface area contributed by atoms with E-state index in [-0.39, 0.29) is 16.7 Å². The third kappa shape index (κ3) is 5.04. The van der Waals surface area contributed by atoms with Crippen molar-refractivity contribution in [1.29, 1.82) is 0 Å². The smallest absolute Gasteiger partial charge is 0.241 e. The standard InChI is InChI=1S/C16H19ClN2O3S2/c1-11(2)15(16(20)18-10-13-4-3-9-23-13)19-24(21,22)14-7-5-12(17)6-8-14/h3-9,11,15,19H,10H2,1-2H3,(H,18,20)/t15-/m0/s1. The summed E-state index contributed by atoms with van der Waals surface area (Å²) in [5.41, 5.74) is 0. The minimum absolute atomic E-state index is 0.0728. The number of carbonyl (C=O) groups excluding carboxylic acids is 1. The molecule has 0 saturated carbocycles. The van der Waals surface area contributed by atoms with Crippen molar-refractivity contribution in [3.63, 3.8) is 0 Å². The molecule has 8 heteroatoms. The molecular weight excluding hydrogens is 368 g/mol. The van der Waals surface area contributed by atoms with Gasteiger partial charge in [-0.05, 0) is 41.6 Å². The number of hydrogen-bond donors (Lipinski definition) is 2. The van der Waals surface area contributed by atoms with Crippen LogP contribution in [0.1, 0.15) is 18.7 Å². The molecule has 5 nitrogen and oxygen atoms in total. The first-order chi connectivity index (χ1) is 11.3. The van der Waals surface area contributed by atoms with Gasteiger partial charge in [-0.25, -0.2) is 8.42 Å². The summed E-state index contributed by atoms with van der Waals surface area (Å²) in [7, 11) is -3.81. The highest BCUT2D eigenvalue weighted by molar-refractivity contribution is 7.89. The van der Waals surface area contributed by atoms with Gasteiger partial charge in [-0.15, -0.1) is 11.3 Å². The SMILES string of the molecule is CC(C)[C@H](NS(=O)(=O)c1ccc(Cl)cc1)C(=O)NCc1cccs1. The molecule has 1 amide bonds. The molecule has 130 valence electrons. The lowest BCUT2D eigenvalue weighted by molar-refractivity contribution is -0.123. The molecule has 2 rings (SSSR count). The van der Waals surface area contributed by atoms with Crippen LogP contribution in [0.5, 0.6) is 0 Å². The van der Waals surface area contributed by atoms with E-state index >= 15 is 0 Å². The fourth-order valence-corrected chi connectivity index (χ4v) is 4.15. The molecule has 0 aliphatic rings. The van der Waals surface area contributed by atoms with Gasteiger partial charge < -0.3 is 5.32 Å². The fraction of sp³-hybridized carbons (Fsp3) is 0.312. The lowest BCUT2D eigenvalue weighted by Crippen LogP contribution is -2.49. The van der Waals surface area contributed by atoms with E-state index in [0.717, 1.165) is 4.88 Å².